The van der Waals surface area contributed by atoms with Crippen LogP contribution in [0.15, 0.2) is 121 Å². The number of methoxy groups -OCH3 is 1. The average Bonchev–Trinajstić information content (AvgIpc) is 3.09. The molecule has 1 fully saturated rings. The predicted molar refractivity (Wildman–Crippen MR) is 166 cm³/mol. The Kier molecular flexibility index (Phi) is 11.2. The minimum absolute atomic E-state index is 0.206. The zero-order valence-electron chi connectivity index (χ0n) is 25.5. The summed E-state index contributed by atoms with van der Waals surface area (Å²) >= 11 is 0. The Morgan fingerprint density at radius 3 is 1.48 bits per heavy atom. The van der Waals surface area contributed by atoms with Gasteiger partial charge in [-0.2, -0.15) is 8.42 Å². The van der Waals surface area contributed by atoms with E-state index >= 15 is 0 Å². The third-order valence-corrected chi connectivity index (χ3v) is 8.18. The first-order valence-corrected chi connectivity index (χ1v) is 15.9. The van der Waals surface area contributed by atoms with E-state index < -0.39 is 53.2 Å². The molecule has 1 saturated heterocycles. The summed E-state index contributed by atoms with van der Waals surface area (Å²) in [5, 5.41) is 0. The van der Waals surface area contributed by atoms with Gasteiger partial charge in [-0.15, -0.1) is 0 Å². The highest BCUT2D eigenvalue weighted by atomic mass is 32.2. The van der Waals surface area contributed by atoms with E-state index in [1.165, 1.54) is 7.11 Å². The Balaban J connectivity index is 1.42. The fraction of sp³-hybridized carbons (Fsp3) is 0.314. The van der Waals surface area contributed by atoms with Crippen molar-refractivity contribution in [3.63, 3.8) is 0 Å². The van der Waals surface area contributed by atoms with Gasteiger partial charge < -0.3 is 23.7 Å². The number of hydrogen-bond acceptors (Lipinski definition) is 8. The minimum Gasteiger partial charge on any atom is -0.368 e. The highest BCUT2D eigenvalue weighted by molar-refractivity contribution is 7.85. The molecule has 0 radical (unpaired) electrons. The van der Waals surface area contributed by atoms with E-state index in [2.05, 4.69) is 0 Å². The molecule has 9 heteroatoms. The molecule has 0 saturated carbocycles. The van der Waals surface area contributed by atoms with Crippen LogP contribution < -0.4 is 0 Å². The molecule has 0 spiro atoms. The van der Waals surface area contributed by atoms with Crippen molar-refractivity contribution in [3.8, 4) is 0 Å². The summed E-state index contributed by atoms with van der Waals surface area (Å²) in [6.45, 7) is 0.295. The molecule has 0 bridgehead atoms. The van der Waals surface area contributed by atoms with Gasteiger partial charge in [-0.05, 0) is 22.3 Å². The average molecular weight is 620 g/mol. The van der Waals surface area contributed by atoms with Gasteiger partial charge in [-0.3, -0.25) is 4.18 Å². The van der Waals surface area contributed by atoms with E-state index in [1.54, 1.807) is 30.3 Å². The van der Waals surface area contributed by atoms with Crippen LogP contribution in [0, 0.1) is 0 Å². The first-order chi connectivity index (χ1) is 21.9. The Bertz CT molecular complexity index is 1530. The molecule has 1 heterocycles. The van der Waals surface area contributed by atoms with E-state index in [0.717, 1.165) is 16.7 Å². The van der Waals surface area contributed by atoms with Crippen LogP contribution in [0.2, 0.25) is 0 Å². The SMILES string of the molecule is [2H]C(c1ccccc1)S(=O)(=O)OC[C@H]1OC(OC)[C@@H](OCc2ccccc2)[C@@H](OCc2ccccc2)[C@@H]1OCc1ccccc1. The molecule has 0 N–H and O–H groups in total. The van der Waals surface area contributed by atoms with Crippen LogP contribution in [-0.4, -0.2) is 52.8 Å². The number of hydrogen-bond donors (Lipinski definition) is 0. The second-order valence-electron chi connectivity index (χ2n) is 10.4. The molecular formula is C35H38O8S. The minimum atomic E-state index is -4.34. The van der Waals surface area contributed by atoms with E-state index in [-0.39, 0.29) is 19.8 Å². The summed E-state index contributed by atoms with van der Waals surface area (Å²) in [7, 11) is -2.85. The number of rotatable bonds is 15. The molecule has 0 amide bonds. The summed E-state index contributed by atoms with van der Waals surface area (Å²) in [6.07, 6.45) is -4.16. The molecule has 4 aromatic rings. The van der Waals surface area contributed by atoms with Gasteiger partial charge in [0.05, 0.1) is 27.8 Å². The van der Waals surface area contributed by atoms with Crippen LogP contribution in [0.4, 0.5) is 0 Å². The Morgan fingerprint density at radius 1 is 0.614 bits per heavy atom. The maximum Gasteiger partial charge on any atom is 0.271 e. The summed E-state index contributed by atoms with van der Waals surface area (Å²) in [5.41, 5.74) is 1.48. The van der Waals surface area contributed by atoms with Crippen molar-refractivity contribution in [2.24, 2.45) is 0 Å². The van der Waals surface area contributed by atoms with Crippen molar-refractivity contribution in [2.45, 2.75) is 56.3 Å². The standard InChI is InChI=1S/C35H38O8S/c1-38-35-34(41-24-29-18-10-4-11-19-29)33(40-23-28-16-8-3-9-17-28)32(39-22-27-14-6-2-7-15-27)31(43-35)25-42-44(36,37)26-30-20-12-5-13-21-30/h2-21,31-35H,22-26H2,1H3/t31-,32-,33+,34+,35?/m1/s1/i26D/t26?,31-,32-,33+,34+,35?. The fourth-order valence-corrected chi connectivity index (χ4v) is 5.85. The molecule has 1 aliphatic heterocycles. The largest absolute Gasteiger partial charge is 0.368 e. The Labute approximate surface area is 261 Å². The maximum absolute atomic E-state index is 13.1. The van der Waals surface area contributed by atoms with Gasteiger partial charge in [0, 0.05) is 7.11 Å². The van der Waals surface area contributed by atoms with Gasteiger partial charge in [0.2, 0.25) is 0 Å². The van der Waals surface area contributed by atoms with Crippen molar-refractivity contribution in [3.05, 3.63) is 144 Å². The van der Waals surface area contributed by atoms with Crippen LogP contribution in [0.5, 0.6) is 0 Å². The monoisotopic (exact) mass is 619 g/mol. The molecule has 6 atom stereocenters. The molecular weight excluding hydrogens is 580 g/mol. The topological polar surface area (TPSA) is 89.5 Å². The second kappa shape index (κ2) is 16.1. The highest BCUT2D eigenvalue weighted by Crippen LogP contribution is 2.31. The Morgan fingerprint density at radius 2 is 1.02 bits per heavy atom. The number of benzene rings is 4. The third kappa shape index (κ3) is 9.30. The smallest absolute Gasteiger partial charge is 0.271 e. The van der Waals surface area contributed by atoms with E-state index in [4.69, 9.17) is 29.2 Å². The molecule has 2 unspecified atom stereocenters. The Hall–Kier alpha value is -3.41. The predicted octanol–water partition coefficient (Wildman–Crippen LogP) is 5.66. The fourth-order valence-electron chi connectivity index (χ4n) is 4.96. The molecule has 44 heavy (non-hydrogen) atoms. The molecule has 4 aromatic carbocycles. The van der Waals surface area contributed by atoms with Gasteiger partial charge in [-0.1, -0.05) is 121 Å². The zero-order chi connectivity index (χ0) is 31.5. The summed E-state index contributed by atoms with van der Waals surface area (Å²) in [4.78, 5) is 0. The maximum atomic E-state index is 13.1. The summed E-state index contributed by atoms with van der Waals surface area (Å²) < 4.78 is 71.5. The molecule has 0 aliphatic carbocycles. The van der Waals surface area contributed by atoms with E-state index in [9.17, 15) is 8.42 Å². The van der Waals surface area contributed by atoms with Gasteiger partial charge in [-0.25, -0.2) is 0 Å². The second-order valence-corrected chi connectivity index (χ2v) is 11.8. The molecule has 0 aromatic heterocycles. The lowest BCUT2D eigenvalue weighted by molar-refractivity contribution is -0.320. The lowest BCUT2D eigenvalue weighted by Gasteiger charge is -2.45. The molecule has 8 nitrogen and oxygen atoms in total. The van der Waals surface area contributed by atoms with Crippen LogP contribution in [0.25, 0.3) is 0 Å². The molecule has 232 valence electrons. The lowest BCUT2D eigenvalue weighted by atomic mass is 9.98. The van der Waals surface area contributed by atoms with Crippen molar-refractivity contribution < 1.29 is 37.7 Å². The van der Waals surface area contributed by atoms with Gasteiger partial charge in [0.25, 0.3) is 10.1 Å². The van der Waals surface area contributed by atoms with Crippen molar-refractivity contribution in [2.75, 3.05) is 13.7 Å². The van der Waals surface area contributed by atoms with Crippen molar-refractivity contribution in [1.82, 2.24) is 0 Å². The zero-order valence-corrected chi connectivity index (χ0v) is 25.3. The van der Waals surface area contributed by atoms with Gasteiger partial charge in [0.1, 0.15) is 30.1 Å². The molecule has 1 aliphatic rings. The quantitative estimate of drug-likeness (QED) is 0.158. The number of ether oxygens (including phenoxy) is 5. The highest BCUT2D eigenvalue weighted by Gasteiger charge is 2.49. The van der Waals surface area contributed by atoms with Gasteiger partial charge in [0.15, 0.2) is 6.29 Å². The van der Waals surface area contributed by atoms with Crippen LogP contribution in [0.3, 0.4) is 0 Å². The first kappa shape index (κ1) is 30.6. The third-order valence-electron chi connectivity index (χ3n) is 7.16. The molecule has 5 rings (SSSR count). The van der Waals surface area contributed by atoms with Crippen LogP contribution in [0.1, 0.15) is 23.6 Å². The first-order valence-electron chi connectivity index (χ1n) is 15.0. The van der Waals surface area contributed by atoms with Gasteiger partial charge >= 0.3 is 0 Å². The van der Waals surface area contributed by atoms with Crippen LogP contribution in [-0.2, 0) is 63.5 Å². The summed E-state index contributed by atoms with van der Waals surface area (Å²) in [5.74, 6) is 0. The summed E-state index contributed by atoms with van der Waals surface area (Å²) in [6, 6.07) is 37.3. The van der Waals surface area contributed by atoms with E-state index in [1.807, 2.05) is 91.0 Å². The van der Waals surface area contributed by atoms with Crippen molar-refractivity contribution in [1.29, 1.82) is 0 Å². The van der Waals surface area contributed by atoms with Crippen LogP contribution >= 0.6 is 0 Å². The van der Waals surface area contributed by atoms with Crippen molar-refractivity contribution >= 4 is 10.1 Å². The normalized spacial score (nSPS) is 23.1. The van der Waals surface area contributed by atoms with E-state index in [0.29, 0.717) is 5.56 Å². The lowest BCUT2D eigenvalue weighted by Crippen LogP contribution is -2.61.